The topological polar surface area (TPSA) is 219 Å². The van der Waals surface area contributed by atoms with Crippen LogP contribution in [0.5, 0.6) is 0 Å². The van der Waals surface area contributed by atoms with Crippen molar-refractivity contribution in [1.29, 1.82) is 0 Å². The number of nitrogens with zero attached hydrogens (tertiary/aromatic N) is 1. The number of nitrogens with one attached hydrogen (secondary N) is 3. The molecule has 0 saturated heterocycles. The minimum atomic E-state index is -1.34. The Hall–Kier alpha value is -2.99. The fraction of sp³-hybridized carbons (Fsp3) is 0.562. The standard InChI is InChI=1S/C16H27N7O5/c17-4-2-1-3-11(16(27)28)22-15(26)12(6-13(19)24)23-14(25)10(18)5-9-7-20-8-21-9/h7-8,10-12H,1-6,17-18H2,(H2,19,24)(H,20,21)(H,22,26)(H,23,25)(H,27,28). The van der Waals surface area contributed by atoms with Crippen molar-refractivity contribution in [3.05, 3.63) is 18.2 Å². The third-order valence-corrected chi connectivity index (χ3v) is 3.93. The van der Waals surface area contributed by atoms with Crippen molar-refractivity contribution >= 4 is 23.7 Å². The Bertz CT molecular complexity index is 664. The van der Waals surface area contributed by atoms with Crippen LogP contribution in [0.3, 0.4) is 0 Å². The molecule has 3 atom stereocenters. The largest absolute Gasteiger partial charge is 0.480 e. The number of hydrogen-bond acceptors (Lipinski definition) is 7. The number of carboxylic acid groups (broad SMARTS) is 1. The molecule has 0 aromatic carbocycles. The first-order valence-electron chi connectivity index (χ1n) is 8.79. The van der Waals surface area contributed by atoms with Gasteiger partial charge in [-0.2, -0.15) is 0 Å². The van der Waals surface area contributed by atoms with Crippen molar-refractivity contribution < 1.29 is 24.3 Å². The molecule has 1 heterocycles. The Kier molecular flexibility index (Phi) is 9.60. The summed E-state index contributed by atoms with van der Waals surface area (Å²) in [7, 11) is 0. The van der Waals surface area contributed by atoms with Gasteiger partial charge in [0.05, 0.1) is 18.8 Å². The molecule has 0 radical (unpaired) electrons. The van der Waals surface area contributed by atoms with Crippen molar-refractivity contribution in [2.45, 2.75) is 50.2 Å². The highest BCUT2D eigenvalue weighted by Gasteiger charge is 2.29. The molecule has 0 aliphatic rings. The van der Waals surface area contributed by atoms with E-state index in [1.807, 2.05) is 0 Å². The van der Waals surface area contributed by atoms with Crippen LogP contribution in [0.2, 0.25) is 0 Å². The number of nitrogens with two attached hydrogens (primary N) is 3. The van der Waals surface area contributed by atoms with Gasteiger partial charge in [0.2, 0.25) is 17.7 Å². The number of rotatable bonds is 13. The maximum Gasteiger partial charge on any atom is 0.326 e. The molecule has 156 valence electrons. The molecule has 0 saturated carbocycles. The number of carbonyl (C=O) groups excluding carboxylic acids is 3. The van der Waals surface area contributed by atoms with Crippen LogP contribution in [0.4, 0.5) is 0 Å². The number of aromatic amines is 1. The molecule has 1 aromatic rings. The fourth-order valence-corrected chi connectivity index (χ4v) is 2.44. The van der Waals surface area contributed by atoms with E-state index < -0.39 is 48.2 Å². The number of carboxylic acids is 1. The van der Waals surface area contributed by atoms with E-state index in [2.05, 4.69) is 20.6 Å². The van der Waals surface area contributed by atoms with Gasteiger partial charge in [0.25, 0.3) is 0 Å². The van der Waals surface area contributed by atoms with E-state index in [-0.39, 0.29) is 12.8 Å². The Labute approximate surface area is 161 Å². The third kappa shape index (κ3) is 8.14. The second kappa shape index (κ2) is 11.7. The molecule has 0 spiro atoms. The van der Waals surface area contributed by atoms with Gasteiger partial charge < -0.3 is 37.9 Å². The van der Waals surface area contributed by atoms with Crippen molar-refractivity contribution in [1.82, 2.24) is 20.6 Å². The third-order valence-electron chi connectivity index (χ3n) is 3.93. The Morgan fingerprint density at radius 2 is 1.82 bits per heavy atom. The minimum absolute atomic E-state index is 0.133. The lowest BCUT2D eigenvalue weighted by Crippen LogP contribution is -2.55. The molecule has 1 rings (SSSR count). The van der Waals surface area contributed by atoms with Crippen molar-refractivity contribution in [2.75, 3.05) is 6.54 Å². The quantitative estimate of drug-likeness (QED) is 0.174. The maximum absolute atomic E-state index is 12.4. The molecule has 12 nitrogen and oxygen atoms in total. The summed E-state index contributed by atoms with van der Waals surface area (Å²) in [6.07, 6.45) is 3.82. The van der Waals surface area contributed by atoms with Gasteiger partial charge in [0, 0.05) is 18.3 Å². The lowest BCUT2D eigenvalue weighted by molar-refractivity contribution is -0.142. The summed E-state index contributed by atoms with van der Waals surface area (Å²) >= 11 is 0. The number of aliphatic carboxylic acids is 1. The second-order valence-corrected chi connectivity index (χ2v) is 6.30. The summed E-state index contributed by atoms with van der Waals surface area (Å²) in [6.45, 7) is 0.398. The van der Waals surface area contributed by atoms with Crippen LogP contribution < -0.4 is 27.8 Å². The monoisotopic (exact) mass is 397 g/mol. The number of carbonyl (C=O) groups is 4. The summed E-state index contributed by atoms with van der Waals surface area (Å²) in [5.74, 6) is -3.59. The van der Waals surface area contributed by atoms with Crippen LogP contribution in [0.25, 0.3) is 0 Å². The van der Waals surface area contributed by atoms with Gasteiger partial charge in [0.15, 0.2) is 0 Å². The molecular weight excluding hydrogens is 370 g/mol. The van der Waals surface area contributed by atoms with Crippen LogP contribution in [0, 0.1) is 0 Å². The average Bonchev–Trinajstić information content (AvgIpc) is 3.12. The van der Waals surface area contributed by atoms with Gasteiger partial charge in [-0.25, -0.2) is 9.78 Å². The van der Waals surface area contributed by atoms with Crippen molar-refractivity contribution in [3.8, 4) is 0 Å². The second-order valence-electron chi connectivity index (χ2n) is 6.30. The molecule has 1 aromatic heterocycles. The number of aromatic nitrogens is 2. The highest BCUT2D eigenvalue weighted by molar-refractivity contribution is 5.94. The van der Waals surface area contributed by atoms with E-state index in [0.717, 1.165) is 0 Å². The molecular formula is C16H27N7O5. The summed E-state index contributed by atoms with van der Waals surface area (Å²) in [5, 5.41) is 13.9. The normalized spacial score (nSPS) is 13.9. The summed E-state index contributed by atoms with van der Waals surface area (Å²) in [5.41, 5.74) is 16.9. The Morgan fingerprint density at radius 3 is 2.36 bits per heavy atom. The molecule has 28 heavy (non-hydrogen) atoms. The molecule has 12 heteroatoms. The SMILES string of the molecule is NCCCCC(NC(=O)C(CC(N)=O)NC(=O)C(N)Cc1cnc[nH]1)C(=O)O. The van der Waals surface area contributed by atoms with Gasteiger partial charge in [-0.05, 0) is 25.8 Å². The van der Waals surface area contributed by atoms with Crippen LogP contribution in [-0.2, 0) is 25.6 Å². The zero-order chi connectivity index (χ0) is 21.1. The number of amides is 3. The van der Waals surface area contributed by atoms with Crippen LogP contribution in [0.1, 0.15) is 31.4 Å². The predicted octanol–water partition coefficient (Wildman–Crippen LogP) is -2.66. The highest BCUT2D eigenvalue weighted by atomic mass is 16.4. The number of unbranched alkanes of at least 4 members (excludes halogenated alkanes) is 1. The molecule has 10 N–H and O–H groups in total. The molecule has 0 aliphatic heterocycles. The first-order valence-corrected chi connectivity index (χ1v) is 8.79. The maximum atomic E-state index is 12.4. The zero-order valence-electron chi connectivity index (χ0n) is 15.4. The van der Waals surface area contributed by atoms with Crippen molar-refractivity contribution in [3.63, 3.8) is 0 Å². The lowest BCUT2D eigenvalue weighted by Gasteiger charge is -2.22. The first-order chi connectivity index (χ1) is 13.2. The predicted molar refractivity (Wildman–Crippen MR) is 98.5 cm³/mol. The summed E-state index contributed by atoms with van der Waals surface area (Å²) in [4.78, 5) is 53.9. The van der Waals surface area contributed by atoms with E-state index in [1.54, 1.807) is 0 Å². The minimum Gasteiger partial charge on any atom is -0.480 e. The van der Waals surface area contributed by atoms with Crippen LogP contribution in [0.15, 0.2) is 12.5 Å². The van der Waals surface area contributed by atoms with E-state index >= 15 is 0 Å². The zero-order valence-corrected chi connectivity index (χ0v) is 15.4. The van der Waals surface area contributed by atoms with Crippen LogP contribution >= 0.6 is 0 Å². The van der Waals surface area contributed by atoms with Crippen molar-refractivity contribution in [2.24, 2.45) is 17.2 Å². The number of hydrogen-bond donors (Lipinski definition) is 7. The molecule has 0 aliphatic carbocycles. The summed E-state index contributed by atoms with van der Waals surface area (Å²) < 4.78 is 0. The highest BCUT2D eigenvalue weighted by Crippen LogP contribution is 2.03. The van der Waals surface area contributed by atoms with Gasteiger partial charge in [-0.15, -0.1) is 0 Å². The van der Waals surface area contributed by atoms with Gasteiger partial charge in [0.1, 0.15) is 12.1 Å². The van der Waals surface area contributed by atoms with Gasteiger partial charge in [-0.1, -0.05) is 0 Å². The number of H-pyrrole nitrogens is 1. The van der Waals surface area contributed by atoms with E-state index in [9.17, 15) is 24.3 Å². The first kappa shape index (κ1) is 23.0. The average molecular weight is 397 g/mol. The van der Waals surface area contributed by atoms with E-state index in [0.29, 0.717) is 25.1 Å². The van der Waals surface area contributed by atoms with E-state index in [4.69, 9.17) is 17.2 Å². The molecule has 3 unspecified atom stereocenters. The molecule has 3 amide bonds. The molecule has 0 fully saturated rings. The smallest absolute Gasteiger partial charge is 0.326 e. The fourth-order valence-electron chi connectivity index (χ4n) is 2.44. The number of imidazole rings is 1. The number of primary amides is 1. The summed E-state index contributed by atoms with van der Waals surface area (Å²) in [6, 6.07) is -3.53. The Balaban J connectivity index is 2.73. The molecule has 0 bridgehead atoms. The van der Waals surface area contributed by atoms with Gasteiger partial charge >= 0.3 is 5.97 Å². The van der Waals surface area contributed by atoms with Gasteiger partial charge in [-0.3, -0.25) is 14.4 Å². The Morgan fingerprint density at radius 1 is 1.14 bits per heavy atom. The lowest BCUT2D eigenvalue weighted by atomic mass is 10.1. The van der Waals surface area contributed by atoms with Crippen LogP contribution in [-0.4, -0.2) is 63.4 Å². The van der Waals surface area contributed by atoms with E-state index in [1.165, 1.54) is 12.5 Å².